The predicted octanol–water partition coefficient (Wildman–Crippen LogP) is 2.53. The number of para-hydroxylation sites is 1. The number of hydrogen-bond acceptors (Lipinski definition) is 1. The zero-order valence-electron chi connectivity index (χ0n) is 8.26. The standard InChI is InChI=1S/C11H14N2/c1-8-9-6-4-5-7-10(9)13(3)11(8)12-2/h4-7,12H,1-3H3. The molecule has 0 aliphatic carbocycles. The molecule has 0 aliphatic rings. The normalized spacial score (nSPS) is 10.7. The van der Waals surface area contributed by atoms with Gasteiger partial charge in [-0.05, 0) is 18.6 Å². The van der Waals surface area contributed by atoms with Crippen molar-refractivity contribution in [2.24, 2.45) is 7.05 Å². The Bertz CT molecular complexity index is 402. The van der Waals surface area contributed by atoms with Crippen molar-refractivity contribution in [3.8, 4) is 0 Å². The van der Waals surface area contributed by atoms with E-state index in [0.717, 1.165) is 0 Å². The lowest BCUT2D eigenvalue weighted by molar-refractivity contribution is 0.967. The molecule has 0 spiro atoms. The summed E-state index contributed by atoms with van der Waals surface area (Å²) < 4.78 is 2.19. The molecule has 0 atom stereocenters. The third-order valence-corrected chi connectivity index (χ3v) is 2.60. The monoisotopic (exact) mass is 174 g/mol. The number of aromatic nitrogens is 1. The van der Waals surface area contributed by atoms with E-state index in [4.69, 9.17) is 0 Å². The van der Waals surface area contributed by atoms with Gasteiger partial charge in [-0.15, -0.1) is 0 Å². The molecule has 13 heavy (non-hydrogen) atoms. The Balaban J connectivity index is 2.88. The highest BCUT2D eigenvalue weighted by atomic mass is 15.1. The van der Waals surface area contributed by atoms with Crippen molar-refractivity contribution in [1.29, 1.82) is 0 Å². The van der Waals surface area contributed by atoms with E-state index in [1.165, 1.54) is 22.3 Å². The summed E-state index contributed by atoms with van der Waals surface area (Å²) in [6, 6.07) is 8.45. The average molecular weight is 174 g/mol. The van der Waals surface area contributed by atoms with Crippen LogP contribution in [0.15, 0.2) is 24.3 Å². The first-order valence-electron chi connectivity index (χ1n) is 4.47. The summed E-state index contributed by atoms with van der Waals surface area (Å²) in [6.45, 7) is 2.15. The second-order valence-electron chi connectivity index (χ2n) is 3.30. The van der Waals surface area contributed by atoms with Gasteiger partial charge in [0.15, 0.2) is 0 Å². The molecule has 1 aromatic heterocycles. The molecule has 0 amide bonds. The first kappa shape index (κ1) is 8.17. The van der Waals surface area contributed by atoms with Crippen LogP contribution in [-0.4, -0.2) is 11.6 Å². The van der Waals surface area contributed by atoms with E-state index in [2.05, 4.69) is 48.1 Å². The maximum Gasteiger partial charge on any atom is 0.109 e. The van der Waals surface area contributed by atoms with E-state index in [9.17, 15) is 0 Å². The van der Waals surface area contributed by atoms with E-state index >= 15 is 0 Å². The van der Waals surface area contributed by atoms with Gasteiger partial charge in [0.1, 0.15) is 5.82 Å². The van der Waals surface area contributed by atoms with Crippen LogP contribution in [-0.2, 0) is 7.05 Å². The van der Waals surface area contributed by atoms with Crippen LogP contribution < -0.4 is 5.32 Å². The van der Waals surface area contributed by atoms with Crippen LogP contribution >= 0.6 is 0 Å². The second kappa shape index (κ2) is 2.80. The number of anilines is 1. The molecule has 2 heteroatoms. The lowest BCUT2D eigenvalue weighted by Gasteiger charge is -2.02. The second-order valence-corrected chi connectivity index (χ2v) is 3.30. The van der Waals surface area contributed by atoms with Crippen LogP contribution in [0.4, 0.5) is 5.82 Å². The number of benzene rings is 1. The predicted molar refractivity (Wildman–Crippen MR) is 57.2 cm³/mol. The van der Waals surface area contributed by atoms with Gasteiger partial charge in [-0.1, -0.05) is 18.2 Å². The van der Waals surface area contributed by atoms with Crippen LogP contribution in [0.1, 0.15) is 5.56 Å². The maximum atomic E-state index is 3.22. The Kier molecular flexibility index (Phi) is 1.76. The topological polar surface area (TPSA) is 17.0 Å². The molecule has 2 nitrogen and oxygen atoms in total. The van der Waals surface area contributed by atoms with E-state index in [0.29, 0.717) is 0 Å². The van der Waals surface area contributed by atoms with Crippen molar-refractivity contribution >= 4 is 16.7 Å². The fourth-order valence-electron chi connectivity index (χ4n) is 1.94. The highest BCUT2D eigenvalue weighted by Crippen LogP contribution is 2.27. The lowest BCUT2D eigenvalue weighted by Crippen LogP contribution is -1.97. The van der Waals surface area contributed by atoms with Crippen molar-refractivity contribution in [1.82, 2.24) is 4.57 Å². The van der Waals surface area contributed by atoms with Crippen molar-refractivity contribution in [2.75, 3.05) is 12.4 Å². The molecular weight excluding hydrogens is 160 g/mol. The fraction of sp³-hybridized carbons (Fsp3) is 0.273. The molecule has 0 radical (unpaired) electrons. The summed E-state index contributed by atoms with van der Waals surface area (Å²) in [5.74, 6) is 1.20. The number of rotatable bonds is 1. The quantitative estimate of drug-likeness (QED) is 0.703. The molecule has 1 heterocycles. The third-order valence-electron chi connectivity index (χ3n) is 2.60. The van der Waals surface area contributed by atoms with Crippen LogP contribution in [0.25, 0.3) is 10.9 Å². The van der Waals surface area contributed by atoms with Crippen molar-refractivity contribution in [2.45, 2.75) is 6.92 Å². The summed E-state index contributed by atoms with van der Waals surface area (Å²) in [7, 11) is 4.04. The van der Waals surface area contributed by atoms with Crippen LogP contribution in [0.5, 0.6) is 0 Å². The highest BCUT2D eigenvalue weighted by molar-refractivity contribution is 5.89. The van der Waals surface area contributed by atoms with Gasteiger partial charge in [-0.3, -0.25) is 0 Å². The minimum absolute atomic E-state index is 1.20. The van der Waals surface area contributed by atoms with Gasteiger partial charge in [0, 0.05) is 25.0 Å². The third kappa shape index (κ3) is 1.02. The maximum absolute atomic E-state index is 3.22. The molecule has 2 rings (SSSR count). The Hall–Kier alpha value is -1.44. The van der Waals surface area contributed by atoms with E-state index in [1.54, 1.807) is 0 Å². The Morgan fingerprint density at radius 3 is 2.54 bits per heavy atom. The largest absolute Gasteiger partial charge is 0.374 e. The van der Waals surface area contributed by atoms with Gasteiger partial charge < -0.3 is 9.88 Å². The summed E-state index contributed by atoms with van der Waals surface area (Å²) >= 11 is 0. The SMILES string of the molecule is CNc1c(C)c2ccccc2n1C. The molecule has 0 saturated heterocycles. The first-order valence-corrected chi connectivity index (χ1v) is 4.47. The summed E-state index contributed by atoms with van der Waals surface area (Å²) in [5, 5.41) is 4.54. The van der Waals surface area contributed by atoms with Crippen LogP contribution in [0.3, 0.4) is 0 Å². The first-order chi connectivity index (χ1) is 6.25. The summed E-state index contributed by atoms with van der Waals surface area (Å²) in [5.41, 5.74) is 2.60. The van der Waals surface area contributed by atoms with Gasteiger partial charge in [-0.2, -0.15) is 0 Å². The highest BCUT2D eigenvalue weighted by Gasteiger charge is 2.08. The fourth-order valence-corrected chi connectivity index (χ4v) is 1.94. The minimum atomic E-state index is 1.20. The molecule has 2 aromatic rings. The number of aryl methyl sites for hydroxylation is 2. The van der Waals surface area contributed by atoms with Gasteiger partial charge in [0.25, 0.3) is 0 Å². The molecule has 0 saturated carbocycles. The van der Waals surface area contributed by atoms with Crippen molar-refractivity contribution < 1.29 is 0 Å². The Morgan fingerprint density at radius 2 is 1.92 bits per heavy atom. The number of nitrogens with zero attached hydrogens (tertiary/aromatic N) is 1. The van der Waals surface area contributed by atoms with Crippen molar-refractivity contribution in [3.63, 3.8) is 0 Å². The van der Waals surface area contributed by atoms with E-state index in [-0.39, 0.29) is 0 Å². The molecule has 0 bridgehead atoms. The minimum Gasteiger partial charge on any atom is -0.374 e. The molecule has 0 unspecified atom stereocenters. The number of nitrogens with one attached hydrogen (secondary N) is 1. The molecular formula is C11H14N2. The number of fused-ring (bicyclic) bond motifs is 1. The zero-order chi connectivity index (χ0) is 9.42. The molecule has 68 valence electrons. The smallest absolute Gasteiger partial charge is 0.109 e. The molecule has 1 aromatic carbocycles. The molecule has 1 N–H and O–H groups in total. The van der Waals surface area contributed by atoms with E-state index < -0.39 is 0 Å². The number of hydrogen-bond donors (Lipinski definition) is 1. The van der Waals surface area contributed by atoms with E-state index in [1.807, 2.05) is 7.05 Å². The summed E-state index contributed by atoms with van der Waals surface area (Å²) in [6.07, 6.45) is 0. The van der Waals surface area contributed by atoms with Crippen molar-refractivity contribution in [3.05, 3.63) is 29.8 Å². The Labute approximate surface area is 78.2 Å². The average Bonchev–Trinajstić information content (AvgIpc) is 2.41. The molecule has 0 aliphatic heterocycles. The molecule has 0 fully saturated rings. The zero-order valence-corrected chi connectivity index (χ0v) is 8.26. The lowest BCUT2D eigenvalue weighted by atomic mass is 10.2. The summed E-state index contributed by atoms with van der Waals surface area (Å²) in [4.78, 5) is 0. The van der Waals surface area contributed by atoms with Gasteiger partial charge in [0.05, 0.1) is 0 Å². The van der Waals surface area contributed by atoms with Gasteiger partial charge in [-0.25, -0.2) is 0 Å². The van der Waals surface area contributed by atoms with Crippen LogP contribution in [0.2, 0.25) is 0 Å². The van der Waals surface area contributed by atoms with Crippen LogP contribution in [0, 0.1) is 6.92 Å². The Morgan fingerprint density at radius 1 is 1.23 bits per heavy atom. The van der Waals surface area contributed by atoms with Gasteiger partial charge in [0.2, 0.25) is 0 Å². The van der Waals surface area contributed by atoms with Gasteiger partial charge >= 0.3 is 0 Å².